The Morgan fingerprint density at radius 3 is 2.29 bits per heavy atom. The molecule has 0 saturated heterocycles. The zero-order valence-electron chi connectivity index (χ0n) is 12.4. The summed E-state index contributed by atoms with van der Waals surface area (Å²) in [6, 6.07) is 1.51. The summed E-state index contributed by atoms with van der Waals surface area (Å²) < 4.78 is 27.7. The molecule has 1 unspecified atom stereocenters. The number of hydrogen-bond acceptors (Lipinski definition) is 3. The van der Waals surface area contributed by atoms with E-state index in [1.807, 2.05) is 0 Å². The quantitative estimate of drug-likeness (QED) is 0.896. The van der Waals surface area contributed by atoms with Gasteiger partial charge in [-0.05, 0) is 74.7 Å². The molecule has 0 aromatic carbocycles. The van der Waals surface area contributed by atoms with Crippen molar-refractivity contribution >= 4 is 10.0 Å². The summed E-state index contributed by atoms with van der Waals surface area (Å²) >= 11 is 0. The predicted molar refractivity (Wildman–Crippen MR) is 79.0 cm³/mol. The van der Waals surface area contributed by atoms with Crippen LogP contribution in [0.4, 0.5) is 0 Å². The summed E-state index contributed by atoms with van der Waals surface area (Å²) in [5, 5.41) is 6.47. The molecule has 5 nitrogen and oxygen atoms in total. The fraction of sp³-hybridized carbons (Fsp3) is 0.800. The third-order valence-corrected chi connectivity index (χ3v) is 7.57. The highest BCUT2D eigenvalue weighted by Crippen LogP contribution is 2.61. The van der Waals surface area contributed by atoms with Crippen LogP contribution in [0.2, 0.25) is 0 Å². The molecule has 4 bridgehead atoms. The van der Waals surface area contributed by atoms with Crippen molar-refractivity contribution in [3.63, 3.8) is 0 Å². The van der Waals surface area contributed by atoms with Crippen molar-refractivity contribution < 1.29 is 8.42 Å². The maximum absolute atomic E-state index is 12.4. The van der Waals surface area contributed by atoms with Crippen LogP contribution in [0.15, 0.2) is 17.3 Å². The Bertz CT molecular complexity index is 588. The van der Waals surface area contributed by atoms with Gasteiger partial charge in [0.05, 0.1) is 6.20 Å². The Morgan fingerprint density at radius 2 is 1.81 bits per heavy atom. The molecular weight excluding hydrogens is 286 g/mol. The van der Waals surface area contributed by atoms with Crippen LogP contribution in [-0.2, 0) is 10.0 Å². The van der Waals surface area contributed by atoms with Gasteiger partial charge < -0.3 is 0 Å². The van der Waals surface area contributed by atoms with Gasteiger partial charge in [0, 0.05) is 6.04 Å². The Morgan fingerprint density at radius 1 is 1.24 bits per heavy atom. The van der Waals surface area contributed by atoms with Gasteiger partial charge in [0.25, 0.3) is 10.0 Å². The first-order chi connectivity index (χ1) is 9.97. The van der Waals surface area contributed by atoms with Crippen molar-refractivity contribution in [3.8, 4) is 0 Å². The predicted octanol–water partition coefficient (Wildman–Crippen LogP) is 2.29. The number of nitrogens with zero attached hydrogens (tertiary/aromatic N) is 1. The second-order valence-electron chi connectivity index (χ2n) is 7.54. The van der Waals surface area contributed by atoms with Gasteiger partial charge in [0.1, 0.15) is 0 Å². The van der Waals surface area contributed by atoms with Crippen LogP contribution in [-0.4, -0.2) is 24.7 Å². The first-order valence-corrected chi connectivity index (χ1v) is 9.47. The number of aromatic nitrogens is 2. The summed E-state index contributed by atoms with van der Waals surface area (Å²) in [7, 11) is -3.48. The summed E-state index contributed by atoms with van der Waals surface area (Å²) in [6.45, 7) is 2.06. The molecule has 21 heavy (non-hydrogen) atoms. The number of H-pyrrole nitrogens is 1. The first-order valence-electron chi connectivity index (χ1n) is 7.98. The lowest BCUT2D eigenvalue weighted by molar-refractivity contribution is -0.0666. The number of sulfonamides is 1. The Labute approximate surface area is 126 Å². The molecule has 5 rings (SSSR count). The van der Waals surface area contributed by atoms with E-state index in [1.165, 1.54) is 50.8 Å². The molecule has 4 aliphatic carbocycles. The normalized spacial score (nSPS) is 39.6. The molecule has 0 radical (unpaired) electrons. The van der Waals surface area contributed by atoms with Crippen LogP contribution in [0.5, 0.6) is 0 Å². The van der Waals surface area contributed by atoms with E-state index in [-0.39, 0.29) is 16.5 Å². The average Bonchev–Trinajstić information content (AvgIpc) is 2.90. The maximum atomic E-state index is 12.4. The lowest BCUT2D eigenvalue weighted by atomic mass is 9.48. The number of nitrogens with one attached hydrogen (secondary N) is 2. The number of aromatic amines is 1. The minimum atomic E-state index is -3.48. The third-order valence-electron chi connectivity index (χ3n) is 6.10. The monoisotopic (exact) mass is 309 g/mol. The summed E-state index contributed by atoms with van der Waals surface area (Å²) in [5.41, 5.74) is 0.182. The van der Waals surface area contributed by atoms with E-state index >= 15 is 0 Å². The Kier molecular flexibility index (Phi) is 2.99. The van der Waals surface area contributed by atoms with Gasteiger partial charge in [-0.2, -0.15) is 5.10 Å². The third kappa shape index (κ3) is 2.23. The van der Waals surface area contributed by atoms with Crippen LogP contribution >= 0.6 is 0 Å². The molecule has 4 aliphatic rings. The molecule has 1 atom stereocenters. The molecular formula is C15H23N3O2S. The van der Waals surface area contributed by atoms with E-state index in [0.717, 1.165) is 17.8 Å². The molecule has 0 spiro atoms. The summed E-state index contributed by atoms with van der Waals surface area (Å²) in [6.07, 6.45) is 9.20. The topological polar surface area (TPSA) is 74.8 Å². The molecule has 1 aromatic rings. The Balaban J connectivity index is 1.56. The van der Waals surface area contributed by atoms with E-state index in [1.54, 1.807) is 0 Å². The molecule has 1 heterocycles. The van der Waals surface area contributed by atoms with Gasteiger partial charge in [-0.15, -0.1) is 0 Å². The molecule has 4 fully saturated rings. The highest BCUT2D eigenvalue weighted by molar-refractivity contribution is 7.89. The van der Waals surface area contributed by atoms with Gasteiger partial charge >= 0.3 is 0 Å². The summed E-state index contributed by atoms with van der Waals surface area (Å²) in [4.78, 5) is 0. The van der Waals surface area contributed by atoms with Crippen molar-refractivity contribution in [1.82, 2.24) is 14.9 Å². The molecule has 0 aliphatic heterocycles. The molecule has 116 valence electrons. The standard InChI is InChI=1S/C15H23N3O2S/c1-10(18-21(19,20)14-2-3-16-17-14)15-7-11-4-12(8-15)6-13(5-11)9-15/h2-3,10-13,18H,4-9H2,1H3,(H,16,17). The van der Waals surface area contributed by atoms with Crippen molar-refractivity contribution in [1.29, 1.82) is 0 Å². The van der Waals surface area contributed by atoms with E-state index in [2.05, 4.69) is 21.8 Å². The average molecular weight is 309 g/mol. The fourth-order valence-corrected chi connectivity index (χ4v) is 6.78. The minimum Gasteiger partial charge on any atom is -0.266 e. The maximum Gasteiger partial charge on any atom is 0.257 e. The highest BCUT2D eigenvalue weighted by atomic mass is 32.2. The van der Waals surface area contributed by atoms with Crippen LogP contribution in [0, 0.1) is 23.2 Å². The Hall–Kier alpha value is -0.880. The van der Waals surface area contributed by atoms with Crippen molar-refractivity contribution in [2.45, 2.75) is 56.5 Å². The second kappa shape index (κ2) is 4.56. The fourth-order valence-electron chi connectivity index (χ4n) is 5.52. The largest absolute Gasteiger partial charge is 0.266 e. The van der Waals surface area contributed by atoms with Gasteiger partial charge in [0.15, 0.2) is 5.03 Å². The molecule has 0 amide bonds. The molecule has 1 aromatic heterocycles. The van der Waals surface area contributed by atoms with Crippen molar-refractivity contribution in [2.75, 3.05) is 0 Å². The minimum absolute atomic E-state index is 0.000741. The van der Waals surface area contributed by atoms with Gasteiger partial charge in [-0.25, -0.2) is 13.1 Å². The van der Waals surface area contributed by atoms with E-state index in [0.29, 0.717) is 0 Å². The van der Waals surface area contributed by atoms with Crippen molar-refractivity contribution in [3.05, 3.63) is 12.3 Å². The van der Waals surface area contributed by atoms with E-state index in [4.69, 9.17) is 0 Å². The van der Waals surface area contributed by atoms with Gasteiger partial charge in [0.2, 0.25) is 0 Å². The second-order valence-corrected chi connectivity index (χ2v) is 9.23. The van der Waals surface area contributed by atoms with Crippen LogP contribution in [0.3, 0.4) is 0 Å². The first kappa shape index (κ1) is 13.8. The lowest BCUT2D eigenvalue weighted by Gasteiger charge is -2.59. The zero-order chi connectivity index (χ0) is 14.7. The van der Waals surface area contributed by atoms with E-state index < -0.39 is 10.0 Å². The number of rotatable bonds is 4. The molecule has 4 saturated carbocycles. The number of hydrogen-bond donors (Lipinski definition) is 2. The zero-order valence-corrected chi connectivity index (χ0v) is 13.2. The van der Waals surface area contributed by atoms with Crippen LogP contribution in [0.25, 0.3) is 0 Å². The van der Waals surface area contributed by atoms with E-state index in [9.17, 15) is 8.42 Å². The van der Waals surface area contributed by atoms with Gasteiger partial charge in [-0.3, -0.25) is 5.10 Å². The van der Waals surface area contributed by atoms with Gasteiger partial charge in [-0.1, -0.05) is 0 Å². The smallest absolute Gasteiger partial charge is 0.257 e. The lowest BCUT2D eigenvalue weighted by Crippen LogP contribution is -2.55. The van der Waals surface area contributed by atoms with Crippen LogP contribution < -0.4 is 4.72 Å². The summed E-state index contributed by atoms with van der Waals surface area (Å²) in [5.74, 6) is 2.49. The molecule has 2 N–H and O–H groups in total. The highest BCUT2D eigenvalue weighted by Gasteiger charge is 2.53. The SMILES string of the molecule is CC(NS(=O)(=O)c1ccn[nH]1)C12CC3CC(CC(C3)C1)C2. The van der Waals surface area contributed by atoms with Crippen molar-refractivity contribution in [2.24, 2.45) is 23.2 Å². The molecule has 6 heteroatoms. The van der Waals surface area contributed by atoms with Crippen LogP contribution in [0.1, 0.15) is 45.4 Å².